The lowest BCUT2D eigenvalue weighted by molar-refractivity contribution is 0.0776. The molecule has 0 radical (unpaired) electrons. The van der Waals surface area contributed by atoms with Crippen LogP contribution in [0.3, 0.4) is 0 Å². The number of allylic oxidation sites excluding steroid dienone is 3. The van der Waals surface area contributed by atoms with Crippen LogP contribution in [0.2, 0.25) is 0 Å². The van der Waals surface area contributed by atoms with E-state index < -0.39 is 0 Å². The van der Waals surface area contributed by atoms with Gasteiger partial charge in [-0.15, -0.1) is 5.73 Å². The van der Waals surface area contributed by atoms with Gasteiger partial charge in [0, 0.05) is 12.6 Å². The van der Waals surface area contributed by atoms with Gasteiger partial charge < -0.3 is 0 Å². The van der Waals surface area contributed by atoms with Gasteiger partial charge in [-0.25, -0.2) is 5.48 Å². The van der Waals surface area contributed by atoms with E-state index in [2.05, 4.69) is 23.4 Å². The Bertz CT molecular complexity index is 245. The summed E-state index contributed by atoms with van der Waals surface area (Å²) >= 11 is 0. The summed E-state index contributed by atoms with van der Waals surface area (Å²) in [5.74, 6) is 0. The molecule has 0 atom stereocenters. The van der Waals surface area contributed by atoms with Crippen molar-refractivity contribution < 1.29 is 4.84 Å². The molecule has 2 heteroatoms. The lowest BCUT2D eigenvalue weighted by atomic mass is 10.2. The molecule has 12 heavy (non-hydrogen) atoms. The van der Waals surface area contributed by atoms with Gasteiger partial charge in [0.1, 0.15) is 6.61 Å². The Kier molecular flexibility index (Phi) is 4.17. The van der Waals surface area contributed by atoms with Crippen molar-refractivity contribution in [2.45, 2.75) is 6.42 Å². The largest absolute Gasteiger partial charge is 0.297 e. The van der Waals surface area contributed by atoms with E-state index in [0.29, 0.717) is 6.61 Å². The van der Waals surface area contributed by atoms with Crippen LogP contribution in [0.25, 0.3) is 0 Å². The fraction of sp³-hybridized carbons (Fsp3) is 0.300. The molecular weight excluding hydrogens is 150 g/mol. The second kappa shape index (κ2) is 5.56. The molecular formula is C10H13NO. The molecule has 0 heterocycles. The lowest BCUT2D eigenvalue weighted by Gasteiger charge is -1.99. The molecule has 0 aromatic heterocycles. The molecule has 0 spiro atoms. The number of rotatable bonds is 3. The predicted octanol–water partition coefficient (Wildman–Crippen LogP) is 1.74. The van der Waals surface area contributed by atoms with Crippen molar-refractivity contribution in [3.05, 3.63) is 41.7 Å². The van der Waals surface area contributed by atoms with Gasteiger partial charge >= 0.3 is 0 Å². The zero-order valence-electron chi connectivity index (χ0n) is 7.21. The zero-order chi connectivity index (χ0) is 8.65. The van der Waals surface area contributed by atoms with Crippen LogP contribution in [0.5, 0.6) is 0 Å². The summed E-state index contributed by atoms with van der Waals surface area (Å²) in [5, 5.41) is 0. The van der Waals surface area contributed by atoms with Gasteiger partial charge in [-0.2, -0.15) is 0 Å². The summed E-state index contributed by atoms with van der Waals surface area (Å²) in [6.07, 6.45) is 11.1. The monoisotopic (exact) mass is 163 g/mol. The van der Waals surface area contributed by atoms with E-state index in [1.165, 1.54) is 0 Å². The number of nitrogens with one attached hydrogen (secondary N) is 1. The van der Waals surface area contributed by atoms with Crippen molar-refractivity contribution in [2.24, 2.45) is 0 Å². The molecule has 0 bridgehead atoms. The van der Waals surface area contributed by atoms with Crippen LogP contribution in [-0.4, -0.2) is 13.7 Å². The van der Waals surface area contributed by atoms with E-state index in [9.17, 15) is 0 Å². The second-order valence-electron chi connectivity index (χ2n) is 2.40. The van der Waals surface area contributed by atoms with E-state index in [1.807, 2.05) is 18.2 Å². The fourth-order valence-corrected chi connectivity index (χ4v) is 0.878. The minimum absolute atomic E-state index is 0.553. The first-order chi connectivity index (χ1) is 5.93. The molecule has 64 valence electrons. The third-order valence-electron chi connectivity index (χ3n) is 1.46. The quantitative estimate of drug-likeness (QED) is 0.505. The molecule has 0 saturated carbocycles. The van der Waals surface area contributed by atoms with Crippen molar-refractivity contribution in [2.75, 3.05) is 13.7 Å². The van der Waals surface area contributed by atoms with Crippen molar-refractivity contribution in [3.8, 4) is 0 Å². The predicted molar refractivity (Wildman–Crippen MR) is 49.5 cm³/mol. The number of hydrogen-bond acceptors (Lipinski definition) is 2. The Balaban J connectivity index is 2.58. The third-order valence-corrected chi connectivity index (χ3v) is 1.46. The lowest BCUT2D eigenvalue weighted by Crippen LogP contribution is -2.09. The highest BCUT2D eigenvalue weighted by molar-refractivity contribution is 5.23. The molecule has 0 saturated heterocycles. The van der Waals surface area contributed by atoms with E-state index in [0.717, 1.165) is 12.0 Å². The van der Waals surface area contributed by atoms with Gasteiger partial charge in [0.05, 0.1) is 0 Å². The molecule has 1 rings (SSSR count). The molecule has 2 nitrogen and oxygen atoms in total. The SMILES string of the molecule is CNOCC1=C=C/C=C\C/C=C\1. The topological polar surface area (TPSA) is 21.3 Å². The van der Waals surface area contributed by atoms with Crippen molar-refractivity contribution >= 4 is 0 Å². The average Bonchev–Trinajstić information content (AvgIpc) is 2.02. The molecule has 0 amide bonds. The van der Waals surface area contributed by atoms with Gasteiger partial charge in [0.15, 0.2) is 0 Å². The van der Waals surface area contributed by atoms with E-state index in [1.54, 1.807) is 7.05 Å². The summed E-state index contributed by atoms with van der Waals surface area (Å²) in [7, 11) is 1.75. The standard InChI is InChI=1S/C10H13NO/c1-11-12-9-10-7-5-3-2-4-6-8-10/h2-3,5-6,8,11H,4,9H2,1H3/b3-2-,8-6-. The van der Waals surface area contributed by atoms with Crippen LogP contribution in [-0.2, 0) is 4.84 Å². The van der Waals surface area contributed by atoms with Gasteiger partial charge in [-0.05, 0) is 12.5 Å². The van der Waals surface area contributed by atoms with Crippen LogP contribution >= 0.6 is 0 Å². The molecule has 0 aliphatic heterocycles. The summed E-state index contributed by atoms with van der Waals surface area (Å²) in [6, 6.07) is 0. The molecule has 0 aromatic rings. The van der Waals surface area contributed by atoms with E-state index >= 15 is 0 Å². The van der Waals surface area contributed by atoms with Gasteiger partial charge in [-0.1, -0.05) is 24.3 Å². The maximum absolute atomic E-state index is 5.02. The maximum atomic E-state index is 5.02. The number of hydroxylamine groups is 1. The zero-order valence-corrected chi connectivity index (χ0v) is 7.21. The maximum Gasteiger partial charge on any atom is 0.100 e. The average molecular weight is 163 g/mol. The Labute approximate surface area is 72.9 Å². The van der Waals surface area contributed by atoms with E-state index in [4.69, 9.17) is 4.84 Å². The first kappa shape index (κ1) is 9.01. The second-order valence-corrected chi connectivity index (χ2v) is 2.40. The molecule has 1 aliphatic rings. The van der Waals surface area contributed by atoms with Crippen LogP contribution in [0.1, 0.15) is 6.42 Å². The highest BCUT2D eigenvalue weighted by atomic mass is 16.6. The summed E-state index contributed by atoms with van der Waals surface area (Å²) in [4.78, 5) is 5.02. The molecule has 0 aromatic carbocycles. The van der Waals surface area contributed by atoms with Crippen LogP contribution < -0.4 is 5.48 Å². The third kappa shape index (κ3) is 3.35. The first-order valence-electron chi connectivity index (χ1n) is 3.99. The van der Waals surface area contributed by atoms with Gasteiger partial charge in [0.25, 0.3) is 0 Å². The molecule has 0 unspecified atom stereocenters. The molecule has 1 N–H and O–H groups in total. The fourth-order valence-electron chi connectivity index (χ4n) is 0.878. The van der Waals surface area contributed by atoms with Crippen molar-refractivity contribution in [1.29, 1.82) is 0 Å². The minimum Gasteiger partial charge on any atom is -0.297 e. The van der Waals surface area contributed by atoms with E-state index in [-0.39, 0.29) is 0 Å². The minimum atomic E-state index is 0.553. The Morgan fingerprint density at radius 2 is 2.50 bits per heavy atom. The highest BCUT2D eigenvalue weighted by Crippen LogP contribution is 2.00. The van der Waals surface area contributed by atoms with Crippen LogP contribution in [0.4, 0.5) is 0 Å². The highest BCUT2D eigenvalue weighted by Gasteiger charge is 1.90. The summed E-state index contributed by atoms with van der Waals surface area (Å²) < 4.78 is 0. The molecule has 0 fully saturated rings. The van der Waals surface area contributed by atoms with Gasteiger partial charge in [-0.3, -0.25) is 4.84 Å². The Morgan fingerprint density at radius 3 is 3.33 bits per heavy atom. The smallest absolute Gasteiger partial charge is 0.100 e. The van der Waals surface area contributed by atoms with Crippen LogP contribution in [0, 0.1) is 0 Å². The summed E-state index contributed by atoms with van der Waals surface area (Å²) in [5.41, 5.74) is 6.78. The van der Waals surface area contributed by atoms with Crippen molar-refractivity contribution in [3.63, 3.8) is 0 Å². The Morgan fingerprint density at radius 1 is 1.58 bits per heavy atom. The van der Waals surface area contributed by atoms with Crippen LogP contribution in [0.15, 0.2) is 41.7 Å². The normalized spacial score (nSPS) is 20.9. The number of hydrogen-bond donors (Lipinski definition) is 1. The Hall–Kier alpha value is -1.08. The van der Waals surface area contributed by atoms with Crippen molar-refractivity contribution in [1.82, 2.24) is 5.48 Å². The summed E-state index contributed by atoms with van der Waals surface area (Å²) in [6.45, 7) is 0.553. The molecule has 1 aliphatic carbocycles. The van der Waals surface area contributed by atoms with Gasteiger partial charge in [0.2, 0.25) is 0 Å². The first-order valence-corrected chi connectivity index (χ1v) is 3.99.